The van der Waals surface area contributed by atoms with Crippen molar-refractivity contribution in [3.05, 3.63) is 40.9 Å². The third-order valence-corrected chi connectivity index (χ3v) is 4.89. The average Bonchev–Trinajstić information content (AvgIpc) is 3.09. The molecule has 4 heteroatoms. The van der Waals surface area contributed by atoms with Crippen LogP contribution in [0.5, 0.6) is 0 Å². The van der Waals surface area contributed by atoms with Gasteiger partial charge >= 0.3 is 0 Å². The minimum Gasteiger partial charge on any atom is -0.396 e. The van der Waals surface area contributed by atoms with E-state index in [1.807, 2.05) is 0 Å². The summed E-state index contributed by atoms with van der Waals surface area (Å²) in [7, 11) is 0. The normalized spacial score (nSPS) is 16.3. The van der Waals surface area contributed by atoms with Gasteiger partial charge in [-0.2, -0.15) is 0 Å². The van der Waals surface area contributed by atoms with Crippen LogP contribution in [-0.4, -0.2) is 23.2 Å². The number of hydrogen-bond donors (Lipinski definition) is 2. The quantitative estimate of drug-likeness (QED) is 0.859. The summed E-state index contributed by atoms with van der Waals surface area (Å²) in [6, 6.07) is 8.48. The lowest BCUT2D eigenvalue weighted by Gasteiger charge is -2.11. The largest absolute Gasteiger partial charge is 0.396 e. The maximum absolute atomic E-state index is 9.28. The molecule has 3 rings (SSSR count). The first-order chi connectivity index (χ1) is 9.71. The second-order valence-corrected chi connectivity index (χ2v) is 6.63. The predicted molar refractivity (Wildman–Crippen MR) is 82.7 cm³/mol. The lowest BCUT2D eigenvalue weighted by Crippen LogP contribution is -2.26. The molecule has 20 heavy (non-hydrogen) atoms. The molecule has 0 amide bonds. The Labute approximate surface area is 123 Å². The van der Waals surface area contributed by atoms with E-state index in [0.717, 1.165) is 36.6 Å². The molecule has 0 radical (unpaired) electrons. The van der Waals surface area contributed by atoms with Crippen LogP contribution < -0.4 is 5.32 Å². The zero-order chi connectivity index (χ0) is 14.0. The lowest BCUT2D eigenvalue weighted by atomic mass is 10.1. The van der Waals surface area contributed by atoms with Gasteiger partial charge in [-0.1, -0.05) is 29.8 Å². The van der Waals surface area contributed by atoms with Crippen LogP contribution in [-0.2, 0) is 6.54 Å². The van der Waals surface area contributed by atoms with Crippen molar-refractivity contribution < 1.29 is 5.11 Å². The van der Waals surface area contributed by atoms with Gasteiger partial charge < -0.3 is 10.4 Å². The second-order valence-electron chi connectivity index (χ2n) is 5.77. The van der Waals surface area contributed by atoms with E-state index in [4.69, 9.17) is 0 Å². The van der Waals surface area contributed by atoms with Gasteiger partial charge in [0, 0.05) is 36.1 Å². The third-order valence-electron chi connectivity index (χ3n) is 3.95. The third kappa shape index (κ3) is 3.08. The molecule has 1 saturated carbocycles. The van der Waals surface area contributed by atoms with Crippen molar-refractivity contribution in [1.29, 1.82) is 0 Å². The molecule has 0 bridgehead atoms. The molecule has 0 atom stereocenters. The summed E-state index contributed by atoms with van der Waals surface area (Å²) < 4.78 is 0. The number of aliphatic hydroxyl groups excluding tert-OH is 1. The number of nitrogens with zero attached hydrogens (tertiary/aromatic N) is 1. The van der Waals surface area contributed by atoms with Gasteiger partial charge in [0.05, 0.1) is 5.69 Å². The van der Waals surface area contributed by atoms with Crippen molar-refractivity contribution in [1.82, 2.24) is 10.3 Å². The van der Waals surface area contributed by atoms with Crippen LogP contribution >= 0.6 is 11.3 Å². The molecule has 0 unspecified atom stereocenters. The van der Waals surface area contributed by atoms with E-state index in [0.29, 0.717) is 6.61 Å². The van der Waals surface area contributed by atoms with Crippen molar-refractivity contribution in [2.45, 2.75) is 26.3 Å². The fourth-order valence-electron chi connectivity index (χ4n) is 2.24. The molecule has 1 aliphatic carbocycles. The van der Waals surface area contributed by atoms with Gasteiger partial charge in [-0.05, 0) is 19.8 Å². The molecule has 2 aromatic rings. The number of aromatic nitrogens is 1. The van der Waals surface area contributed by atoms with Gasteiger partial charge in [0.2, 0.25) is 0 Å². The summed E-state index contributed by atoms with van der Waals surface area (Å²) in [5, 5.41) is 15.9. The molecule has 0 spiro atoms. The summed E-state index contributed by atoms with van der Waals surface area (Å²) >= 11 is 1.69. The average molecular weight is 288 g/mol. The Morgan fingerprint density at radius 3 is 2.70 bits per heavy atom. The molecule has 1 aromatic heterocycles. The number of aliphatic hydroxyl groups is 1. The Morgan fingerprint density at radius 1 is 1.30 bits per heavy atom. The zero-order valence-electron chi connectivity index (χ0n) is 11.7. The predicted octanol–water partition coefficient (Wildman–Crippen LogP) is 2.98. The molecule has 106 valence electrons. The Balaban J connectivity index is 1.58. The maximum atomic E-state index is 9.28. The lowest BCUT2D eigenvalue weighted by molar-refractivity contribution is 0.207. The van der Waals surface area contributed by atoms with Gasteiger partial charge in [0.15, 0.2) is 0 Å². The molecule has 1 aliphatic rings. The fraction of sp³-hybridized carbons (Fsp3) is 0.438. The van der Waals surface area contributed by atoms with Crippen molar-refractivity contribution in [2.75, 3.05) is 13.2 Å². The molecule has 2 N–H and O–H groups in total. The molecule has 1 fully saturated rings. The smallest absolute Gasteiger partial charge is 0.123 e. The molecule has 1 heterocycles. The summed E-state index contributed by atoms with van der Waals surface area (Å²) in [5.41, 5.74) is 3.70. The molecular formula is C16H20N2OS. The van der Waals surface area contributed by atoms with E-state index in [2.05, 4.69) is 46.9 Å². The van der Waals surface area contributed by atoms with E-state index in [9.17, 15) is 5.11 Å². The highest BCUT2D eigenvalue weighted by Gasteiger charge is 2.41. The minimum absolute atomic E-state index is 0.163. The van der Waals surface area contributed by atoms with E-state index in [-0.39, 0.29) is 5.41 Å². The summed E-state index contributed by atoms with van der Waals surface area (Å²) in [6.45, 7) is 4.06. The van der Waals surface area contributed by atoms with Crippen LogP contribution in [0.3, 0.4) is 0 Å². The fourth-order valence-corrected chi connectivity index (χ4v) is 3.07. The summed E-state index contributed by atoms with van der Waals surface area (Å²) in [6.07, 6.45) is 2.28. The monoisotopic (exact) mass is 288 g/mol. The number of thiazole rings is 1. The van der Waals surface area contributed by atoms with Gasteiger partial charge in [-0.3, -0.25) is 0 Å². The number of nitrogens with one attached hydrogen (secondary N) is 1. The number of rotatable bonds is 6. The highest BCUT2D eigenvalue weighted by atomic mass is 32.1. The molecule has 0 aliphatic heterocycles. The molecular weight excluding hydrogens is 268 g/mol. The first-order valence-electron chi connectivity index (χ1n) is 7.04. The summed E-state index contributed by atoms with van der Waals surface area (Å²) in [4.78, 5) is 4.67. The van der Waals surface area contributed by atoms with E-state index in [1.165, 1.54) is 11.1 Å². The van der Waals surface area contributed by atoms with Crippen molar-refractivity contribution in [3.63, 3.8) is 0 Å². The van der Waals surface area contributed by atoms with Crippen LogP contribution in [0.2, 0.25) is 0 Å². The van der Waals surface area contributed by atoms with E-state index >= 15 is 0 Å². The van der Waals surface area contributed by atoms with E-state index in [1.54, 1.807) is 11.3 Å². The number of aryl methyl sites for hydroxylation is 1. The SMILES string of the molecule is Cc1ccc(-c2nc(CNCC3(CO)CC3)cs2)cc1. The standard InChI is InChI=1S/C16H20N2OS/c1-12-2-4-13(5-3-12)15-18-14(9-20-15)8-17-10-16(11-19)6-7-16/h2-5,9,17,19H,6-8,10-11H2,1H3. The van der Waals surface area contributed by atoms with Gasteiger partial charge in [0.25, 0.3) is 0 Å². The van der Waals surface area contributed by atoms with Gasteiger partial charge in [-0.15, -0.1) is 11.3 Å². The van der Waals surface area contributed by atoms with Crippen LogP contribution in [0.15, 0.2) is 29.6 Å². The van der Waals surface area contributed by atoms with Gasteiger partial charge in [-0.25, -0.2) is 4.98 Å². The highest BCUT2D eigenvalue weighted by Crippen LogP contribution is 2.44. The maximum Gasteiger partial charge on any atom is 0.123 e. The van der Waals surface area contributed by atoms with Crippen LogP contribution in [0, 0.1) is 12.3 Å². The first kappa shape index (κ1) is 13.7. The molecule has 1 aromatic carbocycles. The topological polar surface area (TPSA) is 45.2 Å². The van der Waals surface area contributed by atoms with Crippen molar-refractivity contribution in [2.24, 2.45) is 5.41 Å². The van der Waals surface area contributed by atoms with Crippen LogP contribution in [0.1, 0.15) is 24.1 Å². The molecule has 3 nitrogen and oxygen atoms in total. The highest BCUT2D eigenvalue weighted by molar-refractivity contribution is 7.13. The van der Waals surface area contributed by atoms with Gasteiger partial charge in [0.1, 0.15) is 5.01 Å². The van der Waals surface area contributed by atoms with Crippen LogP contribution in [0.25, 0.3) is 10.6 Å². The minimum atomic E-state index is 0.163. The Morgan fingerprint density at radius 2 is 2.05 bits per heavy atom. The Kier molecular flexibility index (Phi) is 3.87. The zero-order valence-corrected chi connectivity index (χ0v) is 12.5. The Hall–Kier alpha value is -1.23. The second kappa shape index (κ2) is 5.64. The summed E-state index contributed by atoms with van der Waals surface area (Å²) in [5.74, 6) is 0. The van der Waals surface area contributed by atoms with Crippen molar-refractivity contribution >= 4 is 11.3 Å². The Bertz CT molecular complexity index is 572. The molecule has 0 saturated heterocycles. The van der Waals surface area contributed by atoms with E-state index < -0.39 is 0 Å². The number of hydrogen-bond acceptors (Lipinski definition) is 4. The van der Waals surface area contributed by atoms with Crippen LogP contribution in [0.4, 0.5) is 0 Å². The van der Waals surface area contributed by atoms with Crippen molar-refractivity contribution in [3.8, 4) is 10.6 Å². The first-order valence-corrected chi connectivity index (χ1v) is 7.92. The number of benzene rings is 1.